The van der Waals surface area contributed by atoms with Gasteiger partial charge in [0.1, 0.15) is 0 Å². The highest BCUT2D eigenvalue weighted by Gasteiger charge is 2.36. The van der Waals surface area contributed by atoms with Gasteiger partial charge in [0.25, 0.3) is 0 Å². The highest BCUT2D eigenvalue weighted by molar-refractivity contribution is 5.69. The van der Waals surface area contributed by atoms with E-state index in [2.05, 4.69) is 53.4 Å². The van der Waals surface area contributed by atoms with Crippen LogP contribution in [0.1, 0.15) is 36.0 Å². The summed E-state index contributed by atoms with van der Waals surface area (Å²) < 4.78 is 0. The molecule has 0 saturated carbocycles. The predicted molar refractivity (Wildman–Crippen MR) is 92.5 cm³/mol. The lowest BCUT2D eigenvalue weighted by Gasteiger charge is -2.34. The maximum Gasteiger partial charge on any atom is 0.0991 e. The van der Waals surface area contributed by atoms with E-state index in [0.717, 1.165) is 18.5 Å². The molecule has 0 amide bonds. The first-order valence-corrected chi connectivity index (χ1v) is 8.34. The van der Waals surface area contributed by atoms with Crippen molar-refractivity contribution in [2.24, 2.45) is 0 Å². The summed E-state index contributed by atoms with van der Waals surface area (Å²) in [6, 6.07) is 22.2. The smallest absolute Gasteiger partial charge is 0.0991 e. The summed E-state index contributed by atoms with van der Waals surface area (Å²) in [6.07, 6.45) is 6.05. The van der Waals surface area contributed by atoms with Crippen molar-refractivity contribution in [3.05, 3.63) is 77.4 Å². The summed E-state index contributed by atoms with van der Waals surface area (Å²) in [7, 11) is 0. The lowest BCUT2D eigenvalue weighted by Crippen LogP contribution is -2.37. The van der Waals surface area contributed by atoms with Gasteiger partial charge in [0.2, 0.25) is 0 Å². The van der Waals surface area contributed by atoms with Crippen LogP contribution in [0.2, 0.25) is 0 Å². The van der Waals surface area contributed by atoms with Crippen molar-refractivity contribution >= 4 is 5.57 Å². The Morgan fingerprint density at radius 3 is 2.70 bits per heavy atom. The molecule has 2 heterocycles. The van der Waals surface area contributed by atoms with Crippen LogP contribution in [0.3, 0.4) is 0 Å². The highest BCUT2D eigenvalue weighted by atomic mass is 15.2. The van der Waals surface area contributed by atoms with Gasteiger partial charge in [0.15, 0.2) is 0 Å². The molecule has 0 radical (unpaired) electrons. The Morgan fingerprint density at radius 2 is 1.91 bits per heavy atom. The van der Waals surface area contributed by atoms with Gasteiger partial charge in [0, 0.05) is 18.6 Å². The third kappa shape index (κ3) is 2.81. The SMILES string of the molecule is N#Cc1cccc(C2=CC3CCC(C2)N3Cc2ccccc2)c1. The Bertz CT molecular complexity index is 770. The van der Waals surface area contributed by atoms with Gasteiger partial charge in [-0.2, -0.15) is 5.26 Å². The molecule has 2 atom stereocenters. The zero-order valence-corrected chi connectivity index (χ0v) is 13.2. The maximum atomic E-state index is 9.11. The molecule has 2 unspecified atom stereocenters. The zero-order chi connectivity index (χ0) is 15.6. The summed E-state index contributed by atoms with van der Waals surface area (Å²) in [5, 5.41) is 9.11. The van der Waals surface area contributed by atoms with Gasteiger partial charge >= 0.3 is 0 Å². The van der Waals surface area contributed by atoms with E-state index in [1.807, 2.05) is 18.2 Å². The van der Waals surface area contributed by atoms with E-state index in [-0.39, 0.29) is 0 Å². The second-order valence-corrected chi connectivity index (χ2v) is 6.55. The van der Waals surface area contributed by atoms with Crippen molar-refractivity contribution in [2.75, 3.05) is 0 Å². The third-order valence-corrected chi connectivity index (χ3v) is 5.11. The summed E-state index contributed by atoms with van der Waals surface area (Å²) in [6.45, 7) is 1.04. The number of benzene rings is 2. The molecular formula is C21H20N2. The van der Waals surface area contributed by atoms with Crippen molar-refractivity contribution in [1.82, 2.24) is 4.90 Å². The average Bonchev–Trinajstić information content (AvgIpc) is 2.84. The Labute approximate surface area is 137 Å². The van der Waals surface area contributed by atoms with Crippen LogP contribution in [0.4, 0.5) is 0 Å². The molecular weight excluding hydrogens is 280 g/mol. The van der Waals surface area contributed by atoms with Crippen molar-refractivity contribution in [1.29, 1.82) is 5.26 Å². The fraction of sp³-hybridized carbons (Fsp3) is 0.286. The zero-order valence-electron chi connectivity index (χ0n) is 13.2. The molecule has 2 aromatic carbocycles. The molecule has 23 heavy (non-hydrogen) atoms. The highest BCUT2D eigenvalue weighted by Crippen LogP contribution is 2.39. The van der Waals surface area contributed by atoms with Gasteiger partial charge in [-0.15, -0.1) is 0 Å². The van der Waals surface area contributed by atoms with Crippen molar-refractivity contribution in [3.63, 3.8) is 0 Å². The number of nitriles is 1. The van der Waals surface area contributed by atoms with E-state index < -0.39 is 0 Å². The second kappa shape index (κ2) is 6.02. The largest absolute Gasteiger partial charge is 0.289 e. The molecule has 0 aliphatic carbocycles. The van der Waals surface area contributed by atoms with Gasteiger partial charge in [-0.25, -0.2) is 0 Å². The first-order valence-electron chi connectivity index (χ1n) is 8.34. The molecule has 0 N–H and O–H groups in total. The van der Waals surface area contributed by atoms with Crippen molar-refractivity contribution < 1.29 is 0 Å². The quantitative estimate of drug-likeness (QED) is 0.841. The molecule has 0 spiro atoms. The summed E-state index contributed by atoms with van der Waals surface area (Å²) in [5.41, 5.74) is 4.79. The summed E-state index contributed by atoms with van der Waals surface area (Å²) in [4.78, 5) is 2.65. The molecule has 114 valence electrons. The first kappa shape index (κ1) is 14.2. The van der Waals surface area contributed by atoms with Crippen LogP contribution in [0.5, 0.6) is 0 Å². The normalized spacial score (nSPS) is 23.3. The predicted octanol–water partition coefficient (Wildman–Crippen LogP) is 4.38. The van der Waals surface area contributed by atoms with Gasteiger partial charge in [0.05, 0.1) is 11.6 Å². The van der Waals surface area contributed by atoms with Crippen LogP contribution in [-0.2, 0) is 6.54 Å². The number of rotatable bonds is 3. The Kier molecular flexibility index (Phi) is 3.73. The minimum absolute atomic E-state index is 0.537. The van der Waals surface area contributed by atoms with Crippen molar-refractivity contribution in [3.8, 4) is 6.07 Å². The fourth-order valence-corrected chi connectivity index (χ4v) is 3.96. The lowest BCUT2D eigenvalue weighted by molar-refractivity contribution is 0.203. The number of fused-ring (bicyclic) bond motifs is 2. The molecule has 4 rings (SSSR count). The van der Waals surface area contributed by atoms with Crippen LogP contribution in [0, 0.1) is 11.3 Å². The summed E-state index contributed by atoms with van der Waals surface area (Å²) >= 11 is 0. The van der Waals surface area contributed by atoms with Gasteiger partial charge in [-0.05, 0) is 48.1 Å². The topological polar surface area (TPSA) is 27.0 Å². The van der Waals surface area contributed by atoms with Gasteiger partial charge in [-0.1, -0.05) is 48.5 Å². The van der Waals surface area contributed by atoms with E-state index in [1.165, 1.54) is 29.5 Å². The number of hydrogen-bond acceptors (Lipinski definition) is 2. The third-order valence-electron chi connectivity index (χ3n) is 5.11. The molecule has 2 bridgehead atoms. The van der Waals surface area contributed by atoms with Gasteiger partial charge < -0.3 is 0 Å². The van der Waals surface area contributed by atoms with E-state index >= 15 is 0 Å². The molecule has 2 aliphatic rings. The molecule has 2 aliphatic heterocycles. The fourth-order valence-electron chi connectivity index (χ4n) is 3.96. The van der Waals surface area contributed by atoms with Crippen molar-refractivity contribution in [2.45, 2.75) is 37.9 Å². The number of nitrogens with zero attached hydrogens (tertiary/aromatic N) is 2. The minimum Gasteiger partial charge on any atom is -0.289 e. The number of hydrogen-bond donors (Lipinski definition) is 0. The van der Waals surface area contributed by atoms with Crippen LogP contribution in [-0.4, -0.2) is 17.0 Å². The maximum absolute atomic E-state index is 9.11. The molecule has 1 saturated heterocycles. The Hall–Kier alpha value is -2.37. The van der Waals surface area contributed by atoms with E-state index in [0.29, 0.717) is 12.1 Å². The minimum atomic E-state index is 0.537. The van der Waals surface area contributed by atoms with E-state index in [4.69, 9.17) is 5.26 Å². The van der Waals surface area contributed by atoms with Crippen LogP contribution < -0.4 is 0 Å². The van der Waals surface area contributed by atoms with Gasteiger partial charge in [-0.3, -0.25) is 4.90 Å². The lowest BCUT2D eigenvalue weighted by atomic mass is 9.93. The standard InChI is InChI=1S/C21H20N2/c22-14-17-7-4-8-18(11-17)19-12-20-9-10-21(13-19)23(20)15-16-5-2-1-3-6-16/h1-8,11-12,20-21H,9-10,13,15H2. The molecule has 2 nitrogen and oxygen atoms in total. The molecule has 2 aromatic rings. The average molecular weight is 300 g/mol. The van der Waals surface area contributed by atoms with E-state index in [1.54, 1.807) is 0 Å². The summed E-state index contributed by atoms with van der Waals surface area (Å²) in [5.74, 6) is 0. The Morgan fingerprint density at radius 1 is 1.04 bits per heavy atom. The van der Waals surface area contributed by atoms with E-state index in [9.17, 15) is 0 Å². The second-order valence-electron chi connectivity index (χ2n) is 6.55. The molecule has 2 heteroatoms. The monoisotopic (exact) mass is 300 g/mol. The molecule has 0 aromatic heterocycles. The first-order chi connectivity index (χ1) is 11.3. The van der Waals surface area contributed by atoms with Crippen LogP contribution in [0.25, 0.3) is 5.57 Å². The molecule has 1 fully saturated rings. The van der Waals surface area contributed by atoms with Crippen LogP contribution >= 0.6 is 0 Å². The Balaban J connectivity index is 1.58. The van der Waals surface area contributed by atoms with Crippen LogP contribution in [0.15, 0.2) is 60.7 Å².